The fourth-order valence-electron chi connectivity index (χ4n) is 6.70. The number of aliphatic hydroxyl groups excluding tert-OH is 1. The van der Waals surface area contributed by atoms with Gasteiger partial charge in [0.25, 0.3) is 11.4 Å². The molecule has 0 unspecified atom stereocenters. The lowest BCUT2D eigenvalue weighted by molar-refractivity contribution is -0.385. The molecule has 4 aliphatic rings. The molecule has 0 bridgehead atoms. The zero-order valence-electron chi connectivity index (χ0n) is 26.5. The van der Waals surface area contributed by atoms with Gasteiger partial charge < -0.3 is 24.4 Å². The molecule has 3 fully saturated rings. The zero-order chi connectivity index (χ0) is 35.0. The third-order valence-electron chi connectivity index (χ3n) is 9.12. The van der Waals surface area contributed by atoms with Crippen molar-refractivity contribution in [1.82, 2.24) is 9.80 Å². The van der Waals surface area contributed by atoms with Crippen LogP contribution in [-0.4, -0.2) is 88.8 Å². The number of nitro groups is 2. The highest BCUT2D eigenvalue weighted by atomic mass is 32.2. The number of amides is 2. The fourth-order valence-corrected chi connectivity index (χ4v) is 11.4. The van der Waals surface area contributed by atoms with Gasteiger partial charge in [0.2, 0.25) is 5.91 Å². The lowest BCUT2D eigenvalue weighted by Crippen LogP contribution is -2.63. The first-order chi connectivity index (χ1) is 23.4. The SMILES string of the molecule is C[C@@H](O)[C@H]1C(=O)N2C(C(=O)OCc3ccc([N+](=O)[O-])cc3)=C(S[C@H]3C[C@@H](C4SCCS4)N(C(=O)OCc4ccc([N+](=O)[O-])cc4)C3)[C@H](C)[C@H]12. The molecular weight excluding hydrogens is 697 g/mol. The Hall–Kier alpha value is -3.80. The number of β-lactam (4-membered cyclic amide) rings is 1. The predicted octanol–water partition coefficient (Wildman–Crippen LogP) is 4.93. The largest absolute Gasteiger partial charge is 0.456 e. The highest BCUT2D eigenvalue weighted by Crippen LogP contribution is 2.53. The molecule has 0 saturated carbocycles. The van der Waals surface area contributed by atoms with E-state index in [0.717, 1.165) is 11.5 Å². The molecule has 6 atom stereocenters. The molecule has 4 heterocycles. The molecule has 17 heteroatoms. The summed E-state index contributed by atoms with van der Waals surface area (Å²) in [6.45, 7) is 3.61. The van der Waals surface area contributed by atoms with Gasteiger partial charge in [0.1, 0.15) is 18.9 Å². The van der Waals surface area contributed by atoms with Gasteiger partial charge in [0.15, 0.2) is 0 Å². The van der Waals surface area contributed by atoms with E-state index in [4.69, 9.17) is 9.47 Å². The minimum absolute atomic E-state index is 0.0464. The van der Waals surface area contributed by atoms with Crippen molar-refractivity contribution in [3.63, 3.8) is 0 Å². The van der Waals surface area contributed by atoms with E-state index < -0.39 is 40.0 Å². The second-order valence-corrected chi connectivity index (χ2v) is 16.4. The van der Waals surface area contributed by atoms with Crippen LogP contribution in [0.3, 0.4) is 0 Å². The summed E-state index contributed by atoms with van der Waals surface area (Å²) in [5, 5.41) is 32.3. The topological polar surface area (TPSA) is 183 Å². The van der Waals surface area contributed by atoms with Gasteiger partial charge in [0, 0.05) is 58.4 Å². The molecule has 0 aliphatic carbocycles. The predicted molar refractivity (Wildman–Crippen MR) is 183 cm³/mol. The Bertz CT molecular complexity index is 1670. The van der Waals surface area contributed by atoms with E-state index in [9.17, 15) is 39.7 Å². The Morgan fingerprint density at radius 2 is 1.53 bits per heavy atom. The molecule has 0 spiro atoms. The number of nitrogens with zero attached hydrogens (tertiary/aromatic N) is 4. The van der Waals surface area contributed by atoms with Crippen molar-refractivity contribution in [3.8, 4) is 0 Å². The number of fused-ring (bicyclic) bond motifs is 1. The van der Waals surface area contributed by atoms with Crippen LogP contribution < -0.4 is 0 Å². The summed E-state index contributed by atoms with van der Waals surface area (Å²) in [5.74, 6) is -0.0866. The standard InChI is InChI=1S/C32H34N4O10S3/c1-17-26-25(18(2)37)29(38)34(26)27(30(39)45-15-19-3-7-21(8-4-19)35(41)42)28(17)49-23-13-24(31-47-11-12-48-31)33(14-23)32(40)46-16-20-5-9-22(10-6-20)36(43)44/h3-10,17-18,23-26,31,37H,11-16H2,1-2H3/t17-,18-,23+,24+,25-,26-/m1/s1. The van der Waals surface area contributed by atoms with Crippen molar-refractivity contribution >= 4 is 64.6 Å². The van der Waals surface area contributed by atoms with Gasteiger partial charge in [-0.05, 0) is 48.7 Å². The Morgan fingerprint density at radius 3 is 2.06 bits per heavy atom. The van der Waals surface area contributed by atoms with Crippen molar-refractivity contribution in [3.05, 3.63) is 90.5 Å². The molecule has 2 aromatic carbocycles. The second-order valence-electron chi connectivity index (χ2n) is 12.2. The van der Waals surface area contributed by atoms with Crippen LogP contribution in [0, 0.1) is 32.1 Å². The number of thioether (sulfide) groups is 3. The maximum Gasteiger partial charge on any atom is 0.410 e. The molecule has 14 nitrogen and oxygen atoms in total. The van der Waals surface area contributed by atoms with Crippen LogP contribution in [0.15, 0.2) is 59.1 Å². The van der Waals surface area contributed by atoms with Gasteiger partial charge in [-0.3, -0.25) is 25.0 Å². The fraction of sp³-hybridized carbons (Fsp3) is 0.469. The van der Waals surface area contributed by atoms with Gasteiger partial charge in [0.05, 0.1) is 38.5 Å². The number of carbonyl (C=O) groups excluding carboxylic acids is 3. The van der Waals surface area contributed by atoms with Gasteiger partial charge in [-0.15, -0.1) is 35.3 Å². The molecule has 3 saturated heterocycles. The highest BCUT2D eigenvalue weighted by Gasteiger charge is 2.60. The van der Waals surface area contributed by atoms with Crippen LogP contribution in [0.25, 0.3) is 0 Å². The zero-order valence-corrected chi connectivity index (χ0v) is 29.0. The number of ether oxygens (including phenoxy) is 2. The Morgan fingerprint density at radius 1 is 0.980 bits per heavy atom. The summed E-state index contributed by atoms with van der Waals surface area (Å²) in [4.78, 5) is 65.2. The molecule has 2 amide bonds. The number of carbonyl (C=O) groups is 3. The first-order valence-electron chi connectivity index (χ1n) is 15.7. The third-order valence-corrected chi connectivity index (χ3v) is 13.9. The van der Waals surface area contributed by atoms with Crippen LogP contribution in [0.4, 0.5) is 16.2 Å². The molecular formula is C32H34N4O10S3. The number of rotatable bonds is 11. The maximum absolute atomic E-state index is 13.7. The van der Waals surface area contributed by atoms with E-state index in [0.29, 0.717) is 29.0 Å². The van der Waals surface area contributed by atoms with E-state index in [1.807, 2.05) is 6.92 Å². The Balaban J connectivity index is 1.20. The average molecular weight is 731 g/mol. The number of nitro benzene ring substituents is 2. The van der Waals surface area contributed by atoms with Crippen molar-refractivity contribution in [2.24, 2.45) is 11.8 Å². The number of hydrogen-bond donors (Lipinski definition) is 1. The van der Waals surface area contributed by atoms with E-state index >= 15 is 0 Å². The number of benzene rings is 2. The van der Waals surface area contributed by atoms with Crippen LogP contribution in [-0.2, 0) is 32.3 Å². The summed E-state index contributed by atoms with van der Waals surface area (Å²) in [7, 11) is 0. The number of likely N-dealkylation sites (tertiary alicyclic amines) is 1. The van der Waals surface area contributed by atoms with Crippen molar-refractivity contribution in [1.29, 1.82) is 0 Å². The van der Waals surface area contributed by atoms with E-state index in [1.165, 1.54) is 53.1 Å². The van der Waals surface area contributed by atoms with E-state index in [-0.39, 0.29) is 58.0 Å². The molecule has 0 aromatic heterocycles. The van der Waals surface area contributed by atoms with Gasteiger partial charge in [-0.1, -0.05) is 6.92 Å². The Kier molecular flexibility index (Phi) is 10.4. The van der Waals surface area contributed by atoms with Crippen LogP contribution in [0.5, 0.6) is 0 Å². The van der Waals surface area contributed by atoms with Gasteiger partial charge in [-0.2, -0.15) is 0 Å². The Labute approximate surface area is 294 Å². The highest BCUT2D eigenvalue weighted by molar-refractivity contribution is 8.20. The van der Waals surface area contributed by atoms with Crippen molar-refractivity contribution in [2.75, 3.05) is 18.1 Å². The minimum Gasteiger partial charge on any atom is -0.456 e. The summed E-state index contributed by atoms with van der Waals surface area (Å²) in [5.41, 5.74) is 1.15. The first kappa shape index (κ1) is 35.0. The number of aliphatic hydroxyl groups is 1. The van der Waals surface area contributed by atoms with Crippen molar-refractivity contribution < 1.29 is 38.8 Å². The van der Waals surface area contributed by atoms with Gasteiger partial charge in [-0.25, -0.2) is 9.59 Å². The number of esters is 1. The average Bonchev–Trinajstić information content (AvgIpc) is 3.81. The minimum atomic E-state index is -0.911. The summed E-state index contributed by atoms with van der Waals surface area (Å²) < 4.78 is 11.5. The molecule has 1 N–H and O–H groups in total. The second kappa shape index (κ2) is 14.6. The molecule has 6 rings (SSSR count). The third kappa shape index (κ3) is 7.11. The lowest BCUT2D eigenvalue weighted by atomic mass is 9.79. The summed E-state index contributed by atoms with van der Waals surface area (Å²) >= 11 is 5.02. The number of non-ortho nitro benzene ring substituents is 2. The molecule has 260 valence electrons. The quantitative estimate of drug-likeness (QED) is 0.142. The smallest absolute Gasteiger partial charge is 0.410 e. The summed E-state index contributed by atoms with van der Waals surface area (Å²) in [6, 6.07) is 10.9. The molecule has 0 radical (unpaired) electrons. The van der Waals surface area contributed by atoms with E-state index in [1.54, 1.807) is 47.5 Å². The maximum atomic E-state index is 13.7. The van der Waals surface area contributed by atoms with Crippen LogP contribution >= 0.6 is 35.3 Å². The van der Waals surface area contributed by atoms with Crippen LogP contribution in [0.2, 0.25) is 0 Å². The van der Waals surface area contributed by atoms with Crippen LogP contribution in [0.1, 0.15) is 31.4 Å². The van der Waals surface area contributed by atoms with Crippen molar-refractivity contribution in [2.45, 2.75) is 61.5 Å². The first-order valence-corrected chi connectivity index (χ1v) is 18.6. The van der Waals surface area contributed by atoms with Gasteiger partial charge >= 0.3 is 12.1 Å². The summed E-state index contributed by atoms with van der Waals surface area (Å²) in [6.07, 6.45) is -0.781. The molecule has 2 aromatic rings. The molecule has 4 aliphatic heterocycles. The molecule has 49 heavy (non-hydrogen) atoms. The van der Waals surface area contributed by atoms with E-state index in [2.05, 4.69) is 0 Å². The normalized spacial score (nSPS) is 25.6. The monoisotopic (exact) mass is 730 g/mol. The lowest BCUT2D eigenvalue weighted by Gasteiger charge is -2.46. The number of hydrogen-bond acceptors (Lipinski definition) is 13.